The fraction of sp³-hybridized carbons (Fsp3) is 0.500. The van der Waals surface area contributed by atoms with Crippen LogP contribution in [0.3, 0.4) is 0 Å². The van der Waals surface area contributed by atoms with E-state index in [1.807, 2.05) is 0 Å². The van der Waals surface area contributed by atoms with E-state index in [0.717, 1.165) is 4.31 Å². The van der Waals surface area contributed by atoms with Gasteiger partial charge in [-0.1, -0.05) is 12.1 Å². The normalized spacial score (nSPS) is 12.0. The Labute approximate surface area is 125 Å². The van der Waals surface area contributed by atoms with Crippen LogP contribution in [0.5, 0.6) is 0 Å². The smallest absolute Gasteiger partial charge is 0.321 e. The molecule has 2 N–H and O–H groups in total. The van der Waals surface area contributed by atoms with Crippen LogP contribution in [0, 0.1) is 13.8 Å². The molecule has 0 aliphatic heterocycles. The SMILES string of the molecule is COC(=O)CN(C(C)C)S(=O)(=O)c1c(C)ccc(C)c1N. The van der Waals surface area contributed by atoms with Gasteiger partial charge in [-0.2, -0.15) is 4.31 Å². The molecule has 0 atom stereocenters. The molecule has 0 aliphatic carbocycles. The molecule has 0 heterocycles. The van der Waals surface area contributed by atoms with E-state index < -0.39 is 22.0 Å². The highest BCUT2D eigenvalue weighted by Crippen LogP contribution is 2.29. The molecule has 21 heavy (non-hydrogen) atoms. The molecule has 118 valence electrons. The van der Waals surface area contributed by atoms with E-state index >= 15 is 0 Å². The van der Waals surface area contributed by atoms with Gasteiger partial charge < -0.3 is 10.5 Å². The number of anilines is 1. The molecule has 6 nitrogen and oxygen atoms in total. The van der Waals surface area contributed by atoms with Crippen molar-refractivity contribution in [2.75, 3.05) is 19.4 Å². The molecule has 0 aliphatic rings. The first kappa shape index (κ1) is 17.5. The molecule has 0 spiro atoms. The maximum absolute atomic E-state index is 12.9. The maximum atomic E-state index is 12.9. The van der Waals surface area contributed by atoms with Gasteiger partial charge in [-0.25, -0.2) is 8.42 Å². The number of carbonyl (C=O) groups excluding carboxylic acids is 1. The highest BCUT2D eigenvalue weighted by molar-refractivity contribution is 7.89. The minimum Gasteiger partial charge on any atom is -0.468 e. The first-order valence-electron chi connectivity index (χ1n) is 6.57. The number of sulfonamides is 1. The second kappa shape index (κ2) is 6.44. The zero-order valence-electron chi connectivity index (χ0n) is 13.0. The molecular formula is C14H22N2O4S. The van der Waals surface area contributed by atoms with E-state index in [4.69, 9.17) is 5.73 Å². The lowest BCUT2D eigenvalue weighted by Crippen LogP contribution is -2.41. The van der Waals surface area contributed by atoms with Crippen LogP contribution in [0.2, 0.25) is 0 Å². The predicted molar refractivity (Wildman–Crippen MR) is 81.4 cm³/mol. The summed E-state index contributed by atoms with van der Waals surface area (Å²) < 4.78 is 31.4. The van der Waals surface area contributed by atoms with Crippen molar-refractivity contribution in [2.24, 2.45) is 0 Å². The Bertz CT molecular complexity index is 639. The summed E-state index contributed by atoms with van der Waals surface area (Å²) in [6.07, 6.45) is 0. The van der Waals surface area contributed by atoms with Crippen molar-refractivity contribution >= 4 is 21.7 Å². The number of methoxy groups -OCH3 is 1. The lowest BCUT2D eigenvalue weighted by Gasteiger charge is -2.26. The topological polar surface area (TPSA) is 89.7 Å². The largest absolute Gasteiger partial charge is 0.468 e. The van der Waals surface area contributed by atoms with E-state index in [1.165, 1.54) is 7.11 Å². The van der Waals surface area contributed by atoms with Crippen molar-refractivity contribution in [1.82, 2.24) is 4.31 Å². The van der Waals surface area contributed by atoms with Crippen LogP contribution < -0.4 is 5.73 Å². The van der Waals surface area contributed by atoms with Crippen LogP contribution in [0.4, 0.5) is 5.69 Å². The zero-order chi connectivity index (χ0) is 16.4. The lowest BCUT2D eigenvalue weighted by molar-refractivity contribution is -0.141. The summed E-state index contributed by atoms with van der Waals surface area (Å²) in [6, 6.07) is 3.08. The number of esters is 1. The quantitative estimate of drug-likeness (QED) is 0.656. The third kappa shape index (κ3) is 3.54. The van der Waals surface area contributed by atoms with Gasteiger partial charge in [0.1, 0.15) is 11.4 Å². The molecule has 0 saturated heterocycles. The molecule has 0 saturated carbocycles. The Morgan fingerprint density at radius 1 is 1.29 bits per heavy atom. The number of hydrogen-bond donors (Lipinski definition) is 1. The number of hydrogen-bond acceptors (Lipinski definition) is 5. The second-order valence-corrected chi connectivity index (χ2v) is 6.99. The monoisotopic (exact) mass is 314 g/mol. The van der Waals surface area contributed by atoms with E-state index in [2.05, 4.69) is 4.74 Å². The summed E-state index contributed by atoms with van der Waals surface area (Å²) in [4.78, 5) is 11.5. The van der Waals surface area contributed by atoms with E-state index in [1.54, 1.807) is 39.8 Å². The minimum absolute atomic E-state index is 0.0557. The Hall–Kier alpha value is -1.60. The molecule has 0 bridgehead atoms. The first-order valence-corrected chi connectivity index (χ1v) is 8.01. The average molecular weight is 314 g/mol. The Morgan fingerprint density at radius 2 is 1.81 bits per heavy atom. The molecule has 0 fully saturated rings. The number of nitrogen functional groups attached to an aromatic ring is 1. The van der Waals surface area contributed by atoms with Crippen molar-refractivity contribution in [3.8, 4) is 0 Å². The summed E-state index contributed by atoms with van der Waals surface area (Å²) in [5, 5.41) is 0. The number of nitrogens with zero attached hydrogens (tertiary/aromatic N) is 1. The molecule has 0 amide bonds. The van der Waals surface area contributed by atoms with Crippen LogP contribution in [0.15, 0.2) is 17.0 Å². The molecule has 1 aromatic rings. The van der Waals surface area contributed by atoms with Crippen LogP contribution in [0.25, 0.3) is 0 Å². The Morgan fingerprint density at radius 3 is 2.29 bits per heavy atom. The Balaban J connectivity index is 3.44. The number of aryl methyl sites for hydroxylation is 2. The molecular weight excluding hydrogens is 292 g/mol. The zero-order valence-corrected chi connectivity index (χ0v) is 13.8. The molecule has 0 aromatic heterocycles. The Kier molecular flexibility index (Phi) is 5.36. The molecule has 1 aromatic carbocycles. The van der Waals surface area contributed by atoms with Crippen LogP contribution in [0.1, 0.15) is 25.0 Å². The van der Waals surface area contributed by atoms with Gasteiger partial charge in [0.15, 0.2) is 0 Å². The fourth-order valence-electron chi connectivity index (χ4n) is 2.00. The molecule has 0 unspecified atom stereocenters. The highest BCUT2D eigenvalue weighted by Gasteiger charge is 2.32. The van der Waals surface area contributed by atoms with Gasteiger partial charge in [0.2, 0.25) is 10.0 Å². The lowest BCUT2D eigenvalue weighted by atomic mass is 10.1. The van der Waals surface area contributed by atoms with E-state index in [-0.39, 0.29) is 17.1 Å². The third-order valence-corrected chi connectivity index (χ3v) is 5.49. The minimum atomic E-state index is -3.88. The summed E-state index contributed by atoms with van der Waals surface area (Å²) in [6.45, 7) is 6.47. The summed E-state index contributed by atoms with van der Waals surface area (Å²) >= 11 is 0. The summed E-state index contributed by atoms with van der Waals surface area (Å²) in [5.74, 6) is -0.615. The molecule has 0 radical (unpaired) electrons. The van der Waals surface area contributed by atoms with Gasteiger partial charge in [-0.3, -0.25) is 4.79 Å². The van der Waals surface area contributed by atoms with Crippen molar-refractivity contribution in [3.05, 3.63) is 23.3 Å². The van der Waals surface area contributed by atoms with Crippen LogP contribution >= 0.6 is 0 Å². The average Bonchev–Trinajstić information content (AvgIpc) is 2.39. The standard InChI is InChI=1S/C14H22N2O4S/c1-9(2)16(8-12(17)20-5)21(18,19)14-11(4)7-6-10(3)13(14)15/h6-7,9H,8,15H2,1-5H3. The molecule has 1 rings (SSSR count). The van der Waals surface area contributed by atoms with Gasteiger partial charge in [0, 0.05) is 6.04 Å². The van der Waals surface area contributed by atoms with Crippen LogP contribution in [-0.4, -0.2) is 38.4 Å². The number of benzene rings is 1. The molecule has 7 heteroatoms. The summed E-state index contributed by atoms with van der Waals surface area (Å²) in [5.41, 5.74) is 7.39. The van der Waals surface area contributed by atoms with Crippen molar-refractivity contribution < 1.29 is 17.9 Å². The van der Waals surface area contributed by atoms with Gasteiger partial charge in [-0.15, -0.1) is 0 Å². The van der Waals surface area contributed by atoms with Crippen molar-refractivity contribution in [3.63, 3.8) is 0 Å². The predicted octanol–water partition coefficient (Wildman–Crippen LogP) is 1.46. The van der Waals surface area contributed by atoms with Gasteiger partial charge >= 0.3 is 5.97 Å². The third-order valence-electron chi connectivity index (χ3n) is 3.27. The maximum Gasteiger partial charge on any atom is 0.321 e. The van der Waals surface area contributed by atoms with E-state index in [9.17, 15) is 13.2 Å². The van der Waals surface area contributed by atoms with Gasteiger partial charge in [0.05, 0.1) is 12.8 Å². The number of carbonyl (C=O) groups is 1. The second-order valence-electron chi connectivity index (χ2n) is 5.16. The van der Waals surface area contributed by atoms with Crippen molar-refractivity contribution in [2.45, 2.75) is 38.6 Å². The van der Waals surface area contributed by atoms with Gasteiger partial charge in [-0.05, 0) is 38.8 Å². The van der Waals surface area contributed by atoms with E-state index in [0.29, 0.717) is 11.1 Å². The number of rotatable bonds is 5. The fourth-order valence-corrected chi connectivity index (χ4v) is 3.98. The van der Waals surface area contributed by atoms with Gasteiger partial charge in [0.25, 0.3) is 0 Å². The summed E-state index contributed by atoms with van der Waals surface area (Å²) in [7, 11) is -2.66. The van der Waals surface area contributed by atoms with Crippen LogP contribution in [-0.2, 0) is 19.6 Å². The first-order chi connectivity index (χ1) is 9.62. The number of ether oxygens (including phenoxy) is 1. The highest BCUT2D eigenvalue weighted by atomic mass is 32.2. The number of nitrogens with two attached hydrogens (primary N) is 1. The van der Waals surface area contributed by atoms with Crippen molar-refractivity contribution in [1.29, 1.82) is 0 Å².